The highest BCUT2D eigenvalue weighted by molar-refractivity contribution is 5.67. The maximum absolute atomic E-state index is 10.1. The van der Waals surface area contributed by atoms with Crippen molar-refractivity contribution in [2.24, 2.45) is 0 Å². The van der Waals surface area contributed by atoms with Crippen molar-refractivity contribution in [2.45, 2.75) is 32.5 Å². The van der Waals surface area contributed by atoms with Crippen LogP contribution in [0.2, 0.25) is 0 Å². The summed E-state index contributed by atoms with van der Waals surface area (Å²) in [5.74, 6) is -1.01. The van der Waals surface area contributed by atoms with Crippen LogP contribution in [0, 0.1) is 0 Å². The molecule has 2 N–H and O–H groups in total. The zero-order valence-corrected chi connectivity index (χ0v) is 6.78. The van der Waals surface area contributed by atoms with Crippen LogP contribution in [0.5, 0.6) is 0 Å². The molecule has 0 aromatic heterocycles. The lowest BCUT2D eigenvalue weighted by Gasteiger charge is -2.16. The van der Waals surface area contributed by atoms with E-state index in [2.05, 4.69) is 0 Å². The minimum atomic E-state index is -1.01. The van der Waals surface area contributed by atoms with Crippen LogP contribution in [0.15, 0.2) is 0 Å². The maximum atomic E-state index is 10.1. The third-order valence-electron chi connectivity index (χ3n) is 1.36. The van der Waals surface area contributed by atoms with Crippen LogP contribution in [0.1, 0.15) is 20.3 Å². The van der Waals surface area contributed by atoms with E-state index in [4.69, 9.17) is 14.9 Å². The monoisotopic (exact) mass is 162 g/mol. The van der Waals surface area contributed by atoms with Crippen molar-refractivity contribution in [3.8, 4) is 0 Å². The molecule has 4 nitrogen and oxygen atoms in total. The Morgan fingerprint density at radius 1 is 1.64 bits per heavy atom. The van der Waals surface area contributed by atoms with E-state index in [0.29, 0.717) is 6.61 Å². The van der Waals surface area contributed by atoms with Gasteiger partial charge in [-0.15, -0.1) is 0 Å². The maximum Gasteiger partial charge on any atom is 0.306 e. The van der Waals surface area contributed by atoms with Crippen LogP contribution >= 0.6 is 0 Å². The van der Waals surface area contributed by atoms with Crippen LogP contribution in [0.25, 0.3) is 0 Å². The molecule has 4 heteroatoms. The van der Waals surface area contributed by atoms with E-state index in [1.165, 1.54) is 0 Å². The minimum Gasteiger partial charge on any atom is -0.481 e. The van der Waals surface area contributed by atoms with E-state index in [-0.39, 0.29) is 6.42 Å². The molecule has 0 radical (unpaired) electrons. The van der Waals surface area contributed by atoms with Gasteiger partial charge < -0.3 is 14.9 Å². The van der Waals surface area contributed by atoms with E-state index in [9.17, 15) is 4.79 Å². The second-order valence-corrected chi connectivity index (χ2v) is 2.33. The lowest BCUT2D eigenvalue weighted by molar-refractivity contribution is -0.141. The van der Waals surface area contributed by atoms with E-state index >= 15 is 0 Å². The van der Waals surface area contributed by atoms with Crippen molar-refractivity contribution in [3.63, 3.8) is 0 Å². The fraction of sp³-hybridized carbons (Fsp3) is 0.857. The molecule has 0 aliphatic heterocycles. The van der Waals surface area contributed by atoms with Gasteiger partial charge in [0.2, 0.25) is 0 Å². The van der Waals surface area contributed by atoms with Crippen LogP contribution in [0.4, 0.5) is 0 Å². The number of carboxylic acid groups (broad SMARTS) is 1. The van der Waals surface area contributed by atoms with Gasteiger partial charge in [-0.2, -0.15) is 0 Å². The molecule has 0 saturated carbocycles. The third-order valence-corrected chi connectivity index (χ3v) is 1.36. The predicted molar refractivity (Wildman–Crippen MR) is 39.3 cm³/mol. The van der Waals surface area contributed by atoms with Crippen LogP contribution < -0.4 is 0 Å². The van der Waals surface area contributed by atoms with Gasteiger partial charge in [0, 0.05) is 6.61 Å². The number of aliphatic hydroxyl groups excluding tert-OH is 1. The van der Waals surface area contributed by atoms with E-state index < -0.39 is 18.2 Å². The molecule has 0 aromatic rings. The molecule has 0 bridgehead atoms. The largest absolute Gasteiger partial charge is 0.481 e. The smallest absolute Gasteiger partial charge is 0.306 e. The van der Waals surface area contributed by atoms with Crippen LogP contribution in [0.3, 0.4) is 0 Å². The first-order valence-electron chi connectivity index (χ1n) is 3.59. The van der Waals surface area contributed by atoms with Gasteiger partial charge in [0.05, 0.1) is 18.6 Å². The van der Waals surface area contributed by atoms with Gasteiger partial charge in [0.15, 0.2) is 0 Å². The van der Waals surface area contributed by atoms with Gasteiger partial charge in [0.25, 0.3) is 0 Å². The Bertz CT molecular complexity index is 124. The Kier molecular flexibility index (Phi) is 4.81. The second-order valence-electron chi connectivity index (χ2n) is 2.33. The molecule has 0 saturated heterocycles. The van der Waals surface area contributed by atoms with Crippen molar-refractivity contribution in [3.05, 3.63) is 0 Å². The van der Waals surface area contributed by atoms with Crippen LogP contribution in [-0.4, -0.2) is 35.0 Å². The summed E-state index contributed by atoms with van der Waals surface area (Å²) >= 11 is 0. The van der Waals surface area contributed by atoms with Gasteiger partial charge in [-0.25, -0.2) is 0 Å². The molecule has 0 heterocycles. The highest BCUT2D eigenvalue weighted by Gasteiger charge is 2.16. The Morgan fingerprint density at radius 3 is 2.55 bits per heavy atom. The lowest BCUT2D eigenvalue weighted by atomic mass is 10.1. The normalized spacial score (nSPS) is 15.9. The average molecular weight is 162 g/mol. The highest BCUT2D eigenvalue weighted by atomic mass is 16.5. The Balaban J connectivity index is 3.63. The molecule has 0 amide bonds. The first-order chi connectivity index (χ1) is 5.07. The summed E-state index contributed by atoms with van der Waals surface area (Å²) in [6.07, 6.45) is -1.58. The van der Waals surface area contributed by atoms with Gasteiger partial charge in [0.1, 0.15) is 0 Å². The van der Waals surface area contributed by atoms with Gasteiger partial charge in [-0.1, -0.05) is 0 Å². The van der Waals surface area contributed by atoms with Crippen molar-refractivity contribution in [1.29, 1.82) is 0 Å². The van der Waals surface area contributed by atoms with Crippen molar-refractivity contribution >= 4 is 5.97 Å². The molecule has 11 heavy (non-hydrogen) atoms. The molecular weight excluding hydrogens is 148 g/mol. The minimum absolute atomic E-state index is 0.263. The van der Waals surface area contributed by atoms with E-state index in [1.807, 2.05) is 0 Å². The van der Waals surface area contributed by atoms with Crippen molar-refractivity contribution < 1.29 is 19.7 Å². The number of aliphatic carboxylic acids is 1. The quantitative estimate of drug-likeness (QED) is 0.608. The van der Waals surface area contributed by atoms with Gasteiger partial charge in [-0.3, -0.25) is 4.79 Å². The molecule has 0 aromatic carbocycles. The Morgan fingerprint density at radius 2 is 2.18 bits per heavy atom. The molecule has 66 valence electrons. The van der Waals surface area contributed by atoms with Crippen molar-refractivity contribution in [2.75, 3.05) is 6.61 Å². The third kappa shape index (κ3) is 4.75. The van der Waals surface area contributed by atoms with Gasteiger partial charge in [-0.05, 0) is 13.8 Å². The fourth-order valence-electron chi connectivity index (χ4n) is 0.719. The molecule has 0 fully saturated rings. The molecule has 0 aliphatic rings. The number of carboxylic acids is 1. The number of ether oxygens (including phenoxy) is 1. The Labute approximate surface area is 65.8 Å². The topological polar surface area (TPSA) is 66.8 Å². The summed E-state index contributed by atoms with van der Waals surface area (Å²) in [6.45, 7) is 3.93. The summed E-state index contributed by atoms with van der Waals surface area (Å²) in [7, 11) is 0. The zero-order chi connectivity index (χ0) is 8.85. The number of rotatable bonds is 5. The predicted octanol–water partition coefficient (Wildman–Crippen LogP) is 0.247. The highest BCUT2D eigenvalue weighted by Crippen LogP contribution is 2.02. The molecule has 2 atom stereocenters. The first kappa shape index (κ1) is 10.4. The van der Waals surface area contributed by atoms with Crippen molar-refractivity contribution in [1.82, 2.24) is 0 Å². The summed E-state index contributed by atoms with van der Waals surface area (Å²) in [6, 6.07) is 0. The Hall–Kier alpha value is -0.610. The molecule has 0 aliphatic carbocycles. The molecule has 0 rings (SSSR count). The lowest BCUT2D eigenvalue weighted by Crippen LogP contribution is -2.28. The van der Waals surface area contributed by atoms with Crippen LogP contribution in [-0.2, 0) is 9.53 Å². The summed E-state index contributed by atoms with van der Waals surface area (Å²) in [4.78, 5) is 10.1. The standard InChI is InChI=1S/C7H14O4/c1-3-11-5(2)6(8)4-7(9)10/h5-6,8H,3-4H2,1-2H3,(H,9,10). The zero-order valence-electron chi connectivity index (χ0n) is 6.78. The number of aliphatic hydroxyl groups is 1. The van der Waals surface area contributed by atoms with E-state index in [1.54, 1.807) is 13.8 Å². The number of carbonyl (C=O) groups is 1. The fourth-order valence-corrected chi connectivity index (χ4v) is 0.719. The summed E-state index contributed by atoms with van der Waals surface area (Å²) in [5.41, 5.74) is 0. The summed E-state index contributed by atoms with van der Waals surface area (Å²) < 4.78 is 4.99. The molecule has 0 spiro atoms. The SMILES string of the molecule is CCOC(C)C(O)CC(=O)O. The number of hydrogen-bond donors (Lipinski definition) is 2. The number of hydrogen-bond acceptors (Lipinski definition) is 3. The van der Waals surface area contributed by atoms with E-state index in [0.717, 1.165) is 0 Å². The van der Waals surface area contributed by atoms with Gasteiger partial charge >= 0.3 is 5.97 Å². The average Bonchev–Trinajstić information content (AvgIpc) is 1.86. The molecule has 2 unspecified atom stereocenters. The second kappa shape index (κ2) is 5.09. The summed E-state index contributed by atoms with van der Waals surface area (Å²) in [5, 5.41) is 17.4. The first-order valence-corrected chi connectivity index (χ1v) is 3.59. The molecular formula is C7H14O4.